The van der Waals surface area contributed by atoms with E-state index < -0.39 is 0 Å². The molecule has 0 saturated heterocycles. The average Bonchev–Trinajstić information content (AvgIpc) is 2.61. The Morgan fingerprint density at radius 1 is 0.962 bits per heavy atom. The van der Waals surface area contributed by atoms with Crippen molar-refractivity contribution in [3.8, 4) is 28.4 Å². The molecule has 1 heterocycles. The third-order valence-electron chi connectivity index (χ3n) is 4.98. The first-order chi connectivity index (χ1) is 12.4. The zero-order valence-corrected chi connectivity index (χ0v) is 15.1. The van der Waals surface area contributed by atoms with Crippen molar-refractivity contribution in [2.75, 3.05) is 7.11 Å². The van der Waals surface area contributed by atoms with Gasteiger partial charge in [0.1, 0.15) is 17.2 Å². The number of phenolic OH excluding ortho intramolecular Hbond substituents is 2. The predicted molar refractivity (Wildman–Crippen MR) is 105 cm³/mol. The van der Waals surface area contributed by atoms with Crippen molar-refractivity contribution in [2.45, 2.75) is 25.8 Å². The Bertz CT molecular complexity index is 1050. The summed E-state index contributed by atoms with van der Waals surface area (Å²) in [5.41, 5.74) is 3.65. The van der Waals surface area contributed by atoms with E-state index in [2.05, 4.69) is 18.8 Å². The highest BCUT2D eigenvalue weighted by molar-refractivity contribution is 6.05. The van der Waals surface area contributed by atoms with E-state index >= 15 is 0 Å². The number of aliphatic imine (C=N–C) groups is 1. The van der Waals surface area contributed by atoms with E-state index in [1.807, 2.05) is 30.3 Å². The fourth-order valence-corrected chi connectivity index (χ4v) is 3.72. The summed E-state index contributed by atoms with van der Waals surface area (Å²) in [5, 5.41) is 22.3. The van der Waals surface area contributed by atoms with Gasteiger partial charge < -0.3 is 14.9 Å². The molecule has 0 amide bonds. The summed E-state index contributed by atoms with van der Waals surface area (Å²) in [6, 6.07) is 13.0. The summed E-state index contributed by atoms with van der Waals surface area (Å²) in [7, 11) is 1.60. The number of benzene rings is 3. The summed E-state index contributed by atoms with van der Waals surface area (Å²) in [5.74, 6) is 1.07. The van der Waals surface area contributed by atoms with Gasteiger partial charge in [-0.15, -0.1) is 0 Å². The van der Waals surface area contributed by atoms with Gasteiger partial charge in [-0.2, -0.15) is 0 Å². The van der Waals surface area contributed by atoms with Gasteiger partial charge in [0.15, 0.2) is 0 Å². The first kappa shape index (κ1) is 16.5. The number of phenols is 2. The Morgan fingerprint density at radius 3 is 2.46 bits per heavy atom. The summed E-state index contributed by atoms with van der Waals surface area (Å²) in [6.45, 7) is 4.16. The summed E-state index contributed by atoms with van der Waals surface area (Å²) < 4.78 is 5.44. The van der Waals surface area contributed by atoms with E-state index in [1.54, 1.807) is 25.5 Å². The van der Waals surface area contributed by atoms with E-state index in [9.17, 15) is 10.2 Å². The Hall–Kier alpha value is -3.01. The number of ether oxygens (including phenoxy) is 1. The van der Waals surface area contributed by atoms with E-state index in [0.717, 1.165) is 34.1 Å². The maximum Gasteiger partial charge on any atom is 0.130 e. The van der Waals surface area contributed by atoms with E-state index in [4.69, 9.17) is 4.74 Å². The summed E-state index contributed by atoms with van der Waals surface area (Å²) in [6.07, 6.45) is 2.50. The Morgan fingerprint density at radius 2 is 1.69 bits per heavy atom. The molecule has 4 heteroatoms. The lowest BCUT2D eigenvalue weighted by Crippen LogP contribution is -2.25. The van der Waals surface area contributed by atoms with Crippen molar-refractivity contribution >= 4 is 17.0 Å². The van der Waals surface area contributed by atoms with Crippen molar-refractivity contribution in [1.82, 2.24) is 0 Å². The van der Waals surface area contributed by atoms with Crippen LogP contribution in [0.3, 0.4) is 0 Å². The molecule has 0 spiro atoms. The fourth-order valence-electron chi connectivity index (χ4n) is 3.72. The normalized spacial score (nSPS) is 15.0. The molecule has 0 bridgehead atoms. The third-order valence-corrected chi connectivity index (χ3v) is 4.98. The Balaban J connectivity index is 2.05. The predicted octanol–water partition coefficient (Wildman–Crippen LogP) is 4.68. The monoisotopic (exact) mass is 347 g/mol. The molecule has 26 heavy (non-hydrogen) atoms. The van der Waals surface area contributed by atoms with Crippen LogP contribution in [0.5, 0.6) is 17.2 Å². The number of fused-ring (bicyclic) bond motifs is 2. The van der Waals surface area contributed by atoms with Gasteiger partial charge >= 0.3 is 0 Å². The molecular weight excluding hydrogens is 326 g/mol. The second kappa shape index (κ2) is 5.77. The molecule has 0 aromatic heterocycles. The molecule has 0 unspecified atom stereocenters. The van der Waals surface area contributed by atoms with Crippen molar-refractivity contribution in [3.63, 3.8) is 0 Å². The van der Waals surface area contributed by atoms with Gasteiger partial charge in [0, 0.05) is 11.8 Å². The van der Waals surface area contributed by atoms with Crippen LogP contribution in [-0.2, 0) is 6.42 Å². The average molecular weight is 347 g/mol. The third kappa shape index (κ3) is 2.49. The van der Waals surface area contributed by atoms with Crippen molar-refractivity contribution in [1.29, 1.82) is 0 Å². The smallest absolute Gasteiger partial charge is 0.130 e. The standard InChI is InChI=1S/C22H21NO3/c1-22(2)11-16-14(7-9-18(24)17(16)12-23-22)13-8-10-19(25)21-15(13)5-4-6-20(21)26-3/h4-10,12,24-25H,11H2,1-3H3. The highest BCUT2D eigenvalue weighted by Gasteiger charge is 2.27. The lowest BCUT2D eigenvalue weighted by atomic mass is 9.83. The Kier molecular flexibility index (Phi) is 3.65. The molecule has 1 aliphatic heterocycles. The molecule has 0 atom stereocenters. The second-order valence-electron chi connectivity index (χ2n) is 7.29. The van der Waals surface area contributed by atoms with Gasteiger partial charge in [-0.3, -0.25) is 4.99 Å². The maximum absolute atomic E-state index is 10.4. The summed E-state index contributed by atoms with van der Waals surface area (Å²) >= 11 is 0. The van der Waals surface area contributed by atoms with Crippen LogP contribution in [0.2, 0.25) is 0 Å². The van der Waals surface area contributed by atoms with Crippen LogP contribution in [0.15, 0.2) is 47.5 Å². The van der Waals surface area contributed by atoms with Gasteiger partial charge in [-0.1, -0.05) is 24.3 Å². The first-order valence-electron chi connectivity index (χ1n) is 8.60. The van der Waals surface area contributed by atoms with E-state index in [0.29, 0.717) is 11.1 Å². The highest BCUT2D eigenvalue weighted by Crippen LogP contribution is 2.43. The molecule has 4 rings (SSSR count). The van der Waals surface area contributed by atoms with Gasteiger partial charge in [0.05, 0.1) is 18.0 Å². The van der Waals surface area contributed by atoms with Gasteiger partial charge in [-0.25, -0.2) is 0 Å². The van der Waals surface area contributed by atoms with Crippen molar-refractivity contribution < 1.29 is 14.9 Å². The summed E-state index contributed by atoms with van der Waals surface area (Å²) in [4.78, 5) is 4.56. The van der Waals surface area contributed by atoms with Crippen molar-refractivity contribution in [3.05, 3.63) is 53.6 Å². The zero-order chi connectivity index (χ0) is 18.5. The molecular formula is C22H21NO3. The largest absolute Gasteiger partial charge is 0.507 e. The number of rotatable bonds is 2. The topological polar surface area (TPSA) is 62.0 Å². The van der Waals surface area contributed by atoms with E-state index in [1.165, 1.54) is 0 Å². The minimum atomic E-state index is -0.222. The zero-order valence-electron chi connectivity index (χ0n) is 15.1. The van der Waals surface area contributed by atoms with Crippen LogP contribution in [0.4, 0.5) is 0 Å². The van der Waals surface area contributed by atoms with Crippen LogP contribution in [0.25, 0.3) is 21.9 Å². The molecule has 1 aliphatic rings. The Labute approximate surface area is 152 Å². The van der Waals surface area contributed by atoms with Crippen LogP contribution in [0.1, 0.15) is 25.0 Å². The lowest BCUT2D eigenvalue weighted by Gasteiger charge is -2.28. The van der Waals surface area contributed by atoms with Crippen LogP contribution >= 0.6 is 0 Å². The lowest BCUT2D eigenvalue weighted by molar-refractivity contribution is 0.416. The van der Waals surface area contributed by atoms with Crippen LogP contribution in [0, 0.1) is 0 Å². The van der Waals surface area contributed by atoms with Crippen LogP contribution < -0.4 is 4.74 Å². The molecule has 3 aromatic rings. The minimum absolute atomic E-state index is 0.190. The quantitative estimate of drug-likeness (QED) is 0.707. The van der Waals surface area contributed by atoms with Gasteiger partial charge in [-0.05, 0) is 60.5 Å². The molecule has 2 N–H and O–H groups in total. The SMILES string of the molecule is COc1cccc2c(-c3ccc(O)c4c3CC(C)(C)N=C4)ccc(O)c12. The number of methoxy groups -OCH3 is 1. The molecule has 3 aromatic carbocycles. The minimum Gasteiger partial charge on any atom is -0.507 e. The molecule has 0 aliphatic carbocycles. The van der Waals surface area contributed by atoms with Crippen LogP contribution in [-0.4, -0.2) is 29.1 Å². The van der Waals surface area contributed by atoms with E-state index in [-0.39, 0.29) is 17.0 Å². The van der Waals surface area contributed by atoms with Crippen molar-refractivity contribution in [2.24, 2.45) is 4.99 Å². The molecule has 4 nitrogen and oxygen atoms in total. The maximum atomic E-state index is 10.4. The molecule has 0 radical (unpaired) electrons. The number of hydrogen-bond acceptors (Lipinski definition) is 4. The second-order valence-corrected chi connectivity index (χ2v) is 7.29. The molecule has 0 fully saturated rings. The molecule has 0 saturated carbocycles. The highest BCUT2D eigenvalue weighted by atomic mass is 16.5. The number of nitrogens with zero attached hydrogens (tertiary/aromatic N) is 1. The molecule has 132 valence electrons. The first-order valence-corrected chi connectivity index (χ1v) is 8.60. The number of hydrogen-bond donors (Lipinski definition) is 2. The van der Waals surface area contributed by atoms with Gasteiger partial charge in [0.25, 0.3) is 0 Å². The van der Waals surface area contributed by atoms with Gasteiger partial charge in [0.2, 0.25) is 0 Å². The number of aromatic hydroxyl groups is 2. The fraction of sp³-hybridized carbons (Fsp3) is 0.227.